The third-order valence-electron chi connectivity index (χ3n) is 2.06. The molecule has 1 aromatic carbocycles. The van der Waals surface area contributed by atoms with Gasteiger partial charge >= 0.3 is 0 Å². The molecule has 0 heterocycles. The number of halogens is 1. The third-order valence-corrected chi connectivity index (χ3v) is 2.35. The van der Waals surface area contributed by atoms with Crippen molar-refractivity contribution in [2.75, 3.05) is 13.0 Å². The van der Waals surface area contributed by atoms with Gasteiger partial charge in [-0.1, -0.05) is 18.2 Å². The van der Waals surface area contributed by atoms with E-state index in [1.54, 1.807) is 13.2 Å². The number of rotatable bonds is 4. The van der Waals surface area contributed by atoms with Crippen molar-refractivity contribution in [2.24, 2.45) is 0 Å². The molecular weight excluding hydrogens is 212 g/mol. The second kappa shape index (κ2) is 5.56. The number of ketones is 1. The quantitative estimate of drug-likeness (QED) is 0.581. The summed E-state index contributed by atoms with van der Waals surface area (Å²) in [5.74, 6) is 0.935. The van der Waals surface area contributed by atoms with Gasteiger partial charge < -0.3 is 4.74 Å². The van der Waals surface area contributed by atoms with Crippen LogP contribution in [0.1, 0.15) is 12.5 Å². The van der Waals surface area contributed by atoms with Gasteiger partial charge in [0.1, 0.15) is 5.75 Å². The normalized spacial score (nSPS) is 11.3. The molecule has 0 N–H and O–H groups in total. The summed E-state index contributed by atoms with van der Waals surface area (Å²) in [6.45, 7) is 1.50. The van der Waals surface area contributed by atoms with Gasteiger partial charge in [0.2, 0.25) is 0 Å². The fraction of sp³-hybridized carbons (Fsp3) is 0.250. The SMILES string of the molecule is COc1ccccc1/C=C(\CCl)C(C)=O. The van der Waals surface area contributed by atoms with Crippen molar-refractivity contribution < 1.29 is 9.53 Å². The van der Waals surface area contributed by atoms with Gasteiger partial charge in [0.05, 0.1) is 13.0 Å². The molecule has 15 heavy (non-hydrogen) atoms. The molecule has 0 radical (unpaired) electrons. The molecule has 1 rings (SSSR count). The Balaban J connectivity index is 3.10. The van der Waals surface area contributed by atoms with Crippen molar-refractivity contribution in [3.05, 3.63) is 35.4 Å². The largest absolute Gasteiger partial charge is 0.496 e. The van der Waals surface area contributed by atoms with Crippen molar-refractivity contribution in [1.82, 2.24) is 0 Å². The molecule has 2 nitrogen and oxygen atoms in total. The Kier molecular flexibility index (Phi) is 4.37. The second-order valence-corrected chi connectivity index (χ2v) is 3.37. The minimum Gasteiger partial charge on any atom is -0.496 e. The first-order valence-electron chi connectivity index (χ1n) is 4.59. The van der Waals surface area contributed by atoms with Crippen LogP contribution in [0.4, 0.5) is 0 Å². The fourth-order valence-electron chi connectivity index (χ4n) is 1.21. The van der Waals surface area contributed by atoms with Gasteiger partial charge in [-0.2, -0.15) is 0 Å². The monoisotopic (exact) mass is 224 g/mol. The number of benzene rings is 1. The van der Waals surface area contributed by atoms with E-state index >= 15 is 0 Å². The lowest BCUT2D eigenvalue weighted by molar-refractivity contribution is -0.113. The number of hydrogen-bond donors (Lipinski definition) is 0. The summed E-state index contributed by atoms with van der Waals surface area (Å²) in [6.07, 6.45) is 1.76. The number of methoxy groups -OCH3 is 1. The van der Waals surface area contributed by atoms with Gasteiger partial charge in [-0.25, -0.2) is 0 Å². The van der Waals surface area contributed by atoms with Crippen LogP contribution in [0.15, 0.2) is 29.8 Å². The molecule has 80 valence electrons. The first kappa shape index (κ1) is 11.8. The maximum Gasteiger partial charge on any atom is 0.157 e. The molecule has 0 fully saturated rings. The summed E-state index contributed by atoms with van der Waals surface area (Å²) >= 11 is 5.68. The number of carbonyl (C=O) groups excluding carboxylic acids is 1. The predicted octanol–water partition coefficient (Wildman–Crippen LogP) is 2.91. The molecule has 0 amide bonds. The average molecular weight is 225 g/mol. The summed E-state index contributed by atoms with van der Waals surface area (Å²) in [5.41, 5.74) is 1.45. The van der Waals surface area contributed by atoms with Crippen LogP contribution in [0, 0.1) is 0 Å². The molecule has 0 saturated heterocycles. The van der Waals surface area contributed by atoms with Crippen molar-refractivity contribution in [3.63, 3.8) is 0 Å². The molecular formula is C12H13ClO2. The molecule has 0 unspecified atom stereocenters. The smallest absolute Gasteiger partial charge is 0.157 e. The fourth-order valence-corrected chi connectivity index (χ4v) is 1.47. The van der Waals surface area contributed by atoms with E-state index in [4.69, 9.17) is 16.3 Å². The Labute approximate surface area is 94.5 Å². The molecule has 3 heteroatoms. The van der Waals surface area contributed by atoms with Gasteiger partial charge in [-0.3, -0.25) is 4.79 Å². The van der Waals surface area contributed by atoms with Crippen LogP contribution in [-0.2, 0) is 4.79 Å². The number of hydrogen-bond acceptors (Lipinski definition) is 2. The van der Waals surface area contributed by atoms with Crippen molar-refractivity contribution in [1.29, 1.82) is 0 Å². The van der Waals surface area contributed by atoms with Gasteiger partial charge in [-0.15, -0.1) is 11.6 Å². The van der Waals surface area contributed by atoms with E-state index in [9.17, 15) is 4.79 Å². The zero-order valence-corrected chi connectivity index (χ0v) is 9.54. The Morgan fingerprint density at radius 2 is 2.13 bits per heavy atom. The van der Waals surface area contributed by atoms with Crippen LogP contribution in [0.2, 0.25) is 0 Å². The van der Waals surface area contributed by atoms with E-state index in [0.717, 1.165) is 11.3 Å². The lowest BCUT2D eigenvalue weighted by Gasteiger charge is -2.05. The van der Waals surface area contributed by atoms with Gasteiger partial charge in [-0.05, 0) is 19.1 Å². The van der Waals surface area contributed by atoms with Crippen LogP contribution in [0.3, 0.4) is 0 Å². The Morgan fingerprint density at radius 3 is 2.67 bits per heavy atom. The van der Waals surface area contributed by atoms with Crippen LogP contribution in [-0.4, -0.2) is 18.8 Å². The molecule has 0 bridgehead atoms. The molecule has 1 aromatic rings. The topological polar surface area (TPSA) is 26.3 Å². The Hall–Kier alpha value is -1.28. The number of ether oxygens (including phenoxy) is 1. The van der Waals surface area contributed by atoms with Crippen LogP contribution in [0.5, 0.6) is 5.75 Å². The van der Waals surface area contributed by atoms with E-state index in [1.807, 2.05) is 24.3 Å². The number of carbonyl (C=O) groups is 1. The molecule has 0 aliphatic rings. The summed E-state index contributed by atoms with van der Waals surface area (Å²) in [6, 6.07) is 7.50. The lowest BCUT2D eigenvalue weighted by atomic mass is 10.1. The van der Waals surface area contributed by atoms with Crippen molar-refractivity contribution >= 4 is 23.5 Å². The van der Waals surface area contributed by atoms with E-state index in [0.29, 0.717) is 5.57 Å². The second-order valence-electron chi connectivity index (χ2n) is 3.10. The third kappa shape index (κ3) is 3.10. The lowest BCUT2D eigenvalue weighted by Crippen LogP contribution is -1.98. The van der Waals surface area contributed by atoms with E-state index < -0.39 is 0 Å². The number of alkyl halides is 1. The minimum absolute atomic E-state index is 0.0177. The number of para-hydroxylation sites is 1. The maximum absolute atomic E-state index is 11.2. The minimum atomic E-state index is -0.0177. The van der Waals surface area contributed by atoms with Gasteiger partial charge in [0.25, 0.3) is 0 Å². The number of Topliss-reactive ketones (excluding diaryl/α,β-unsaturated/α-hetero) is 1. The summed E-state index contributed by atoms with van der Waals surface area (Å²) in [7, 11) is 1.60. The first-order valence-corrected chi connectivity index (χ1v) is 5.13. The van der Waals surface area contributed by atoms with Crippen molar-refractivity contribution in [2.45, 2.75) is 6.92 Å². The zero-order chi connectivity index (χ0) is 11.3. The predicted molar refractivity (Wildman–Crippen MR) is 62.4 cm³/mol. The maximum atomic E-state index is 11.2. The molecule has 0 aromatic heterocycles. The highest BCUT2D eigenvalue weighted by Crippen LogP contribution is 2.20. The molecule has 0 aliphatic carbocycles. The van der Waals surface area contributed by atoms with Crippen LogP contribution >= 0.6 is 11.6 Å². The van der Waals surface area contributed by atoms with E-state index in [1.165, 1.54) is 6.92 Å². The molecule has 0 spiro atoms. The summed E-state index contributed by atoms with van der Waals surface area (Å²) < 4.78 is 5.17. The molecule has 0 saturated carbocycles. The standard InChI is InChI=1S/C12H13ClO2/c1-9(14)11(8-13)7-10-5-3-4-6-12(10)15-2/h3-7H,8H2,1-2H3/b11-7+. The highest BCUT2D eigenvalue weighted by atomic mass is 35.5. The first-order chi connectivity index (χ1) is 7.19. The van der Waals surface area contributed by atoms with Gasteiger partial charge in [0, 0.05) is 11.1 Å². The highest BCUT2D eigenvalue weighted by molar-refractivity contribution is 6.23. The Morgan fingerprint density at radius 1 is 1.47 bits per heavy atom. The average Bonchev–Trinajstić information content (AvgIpc) is 2.25. The molecule has 0 aliphatic heterocycles. The zero-order valence-electron chi connectivity index (χ0n) is 8.79. The highest BCUT2D eigenvalue weighted by Gasteiger charge is 2.04. The van der Waals surface area contributed by atoms with Crippen LogP contribution in [0.25, 0.3) is 6.08 Å². The summed E-state index contributed by atoms with van der Waals surface area (Å²) in [4.78, 5) is 11.2. The molecule has 0 atom stereocenters. The summed E-state index contributed by atoms with van der Waals surface area (Å²) in [5, 5.41) is 0. The van der Waals surface area contributed by atoms with Gasteiger partial charge in [0.15, 0.2) is 5.78 Å². The van der Waals surface area contributed by atoms with Crippen LogP contribution < -0.4 is 4.74 Å². The Bertz CT molecular complexity index is 383. The number of allylic oxidation sites excluding steroid dienone is 1. The van der Waals surface area contributed by atoms with Crippen molar-refractivity contribution in [3.8, 4) is 5.75 Å². The van der Waals surface area contributed by atoms with E-state index in [-0.39, 0.29) is 11.7 Å². The van der Waals surface area contributed by atoms with E-state index in [2.05, 4.69) is 0 Å².